The third-order valence-corrected chi connectivity index (χ3v) is 5.11. The lowest BCUT2D eigenvalue weighted by molar-refractivity contribution is -0.119. The number of halogens is 1. The van der Waals surface area contributed by atoms with E-state index in [0.717, 1.165) is 17.8 Å². The van der Waals surface area contributed by atoms with Crippen molar-refractivity contribution < 1.29 is 4.79 Å². The Balaban J connectivity index is 1.62. The van der Waals surface area contributed by atoms with Crippen LogP contribution in [0.5, 0.6) is 0 Å². The molecule has 0 aromatic heterocycles. The molecule has 0 fully saturated rings. The Morgan fingerprint density at radius 1 is 1.30 bits per heavy atom. The van der Waals surface area contributed by atoms with Gasteiger partial charge < -0.3 is 10.2 Å². The molecule has 0 saturated heterocycles. The van der Waals surface area contributed by atoms with Crippen molar-refractivity contribution in [1.82, 2.24) is 5.32 Å². The first-order valence-electron chi connectivity index (χ1n) is 7.63. The summed E-state index contributed by atoms with van der Waals surface area (Å²) in [7, 11) is 0. The van der Waals surface area contributed by atoms with Gasteiger partial charge in [0.2, 0.25) is 5.91 Å². The molecule has 0 radical (unpaired) electrons. The Hall–Kier alpha value is -1.65. The number of benzene rings is 2. The fourth-order valence-corrected chi connectivity index (χ4v) is 4.08. The van der Waals surface area contributed by atoms with Crippen molar-refractivity contribution in [3.63, 3.8) is 0 Å². The van der Waals surface area contributed by atoms with E-state index in [-0.39, 0.29) is 5.91 Å². The standard InChI is InChI=1S/C18H19ClN2OS/c1-13-11-21(16-7-2-3-8-17(16)23-13)12-18(22)20-10-14-5-4-6-15(19)9-14/h2-9,13H,10-12H2,1H3,(H,20,22)/t13-/m1/s1. The van der Waals surface area contributed by atoms with Crippen molar-refractivity contribution in [3.05, 3.63) is 59.1 Å². The van der Waals surface area contributed by atoms with Crippen molar-refractivity contribution in [2.45, 2.75) is 23.6 Å². The van der Waals surface area contributed by atoms with Gasteiger partial charge in [0.1, 0.15) is 0 Å². The monoisotopic (exact) mass is 346 g/mol. The fourth-order valence-electron chi connectivity index (χ4n) is 2.71. The summed E-state index contributed by atoms with van der Waals surface area (Å²) in [4.78, 5) is 15.7. The van der Waals surface area contributed by atoms with Crippen LogP contribution in [0, 0.1) is 0 Å². The number of para-hydroxylation sites is 1. The highest BCUT2D eigenvalue weighted by atomic mass is 35.5. The predicted molar refractivity (Wildman–Crippen MR) is 97.3 cm³/mol. The summed E-state index contributed by atoms with van der Waals surface area (Å²) in [6, 6.07) is 15.8. The van der Waals surface area contributed by atoms with Crippen LogP contribution in [-0.4, -0.2) is 24.2 Å². The molecule has 1 aliphatic rings. The molecule has 5 heteroatoms. The van der Waals surface area contributed by atoms with Gasteiger partial charge in [-0.25, -0.2) is 0 Å². The number of nitrogens with one attached hydrogen (secondary N) is 1. The van der Waals surface area contributed by atoms with Crippen LogP contribution >= 0.6 is 23.4 Å². The summed E-state index contributed by atoms with van der Waals surface area (Å²) in [5.41, 5.74) is 2.15. The fraction of sp³-hybridized carbons (Fsp3) is 0.278. The lowest BCUT2D eigenvalue weighted by atomic mass is 10.2. The number of thioether (sulfide) groups is 1. The lowest BCUT2D eigenvalue weighted by Gasteiger charge is -2.33. The number of nitrogens with zero attached hydrogens (tertiary/aromatic N) is 1. The largest absolute Gasteiger partial charge is 0.360 e. The topological polar surface area (TPSA) is 32.3 Å². The third kappa shape index (κ3) is 4.21. The average Bonchev–Trinajstić information content (AvgIpc) is 2.53. The molecule has 23 heavy (non-hydrogen) atoms. The molecular weight excluding hydrogens is 328 g/mol. The van der Waals surface area contributed by atoms with Gasteiger partial charge in [-0.3, -0.25) is 4.79 Å². The van der Waals surface area contributed by atoms with Gasteiger partial charge in [-0.15, -0.1) is 11.8 Å². The van der Waals surface area contributed by atoms with Crippen LogP contribution in [-0.2, 0) is 11.3 Å². The van der Waals surface area contributed by atoms with E-state index in [9.17, 15) is 4.79 Å². The molecule has 0 unspecified atom stereocenters. The summed E-state index contributed by atoms with van der Waals surface area (Å²) in [5, 5.41) is 4.14. The second-order valence-corrected chi connectivity index (χ2v) is 7.60. The van der Waals surface area contributed by atoms with Crippen LogP contribution in [0.15, 0.2) is 53.4 Å². The number of hydrogen-bond acceptors (Lipinski definition) is 3. The van der Waals surface area contributed by atoms with Gasteiger partial charge in [0.25, 0.3) is 0 Å². The van der Waals surface area contributed by atoms with Crippen LogP contribution in [0.4, 0.5) is 5.69 Å². The number of amides is 1. The van der Waals surface area contributed by atoms with Gasteiger partial charge in [-0.05, 0) is 29.8 Å². The van der Waals surface area contributed by atoms with Gasteiger partial charge in [0, 0.05) is 28.3 Å². The van der Waals surface area contributed by atoms with Crippen molar-refractivity contribution >= 4 is 35.0 Å². The first kappa shape index (κ1) is 16.2. The number of rotatable bonds is 4. The minimum absolute atomic E-state index is 0.0267. The molecule has 1 aliphatic heterocycles. The smallest absolute Gasteiger partial charge is 0.239 e. The Bertz CT molecular complexity index is 707. The number of carbonyl (C=O) groups is 1. The van der Waals surface area contributed by atoms with Crippen LogP contribution in [0.1, 0.15) is 12.5 Å². The Kier molecular flexibility index (Phi) is 5.13. The van der Waals surface area contributed by atoms with E-state index in [2.05, 4.69) is 29.3 Å². The zero-order valence-electron chi connectivity index (χ0n) is 13.0. The summed E-state index contributed by atoms with van der Waals surface area (Å²) in [6.07, 6.45) is 0. The van der Waals surface area contributed by atoms with E-state index < -0.39 is 0 Å². The van der Waals surface area contributed by atoms with Crippen LogP contribution in [0.3, 0.4) is 0 Å². The highest BCUT2D eigenvalue weighted by Crippen LogP contribution is 2.37. The minimum Gasteiger partial charge on any atom is -0.360 e. The minimum atomic E-state index is 0.0267. The van der Waals surface area contributed by atoms with Gasteiger partial charge in [-0.1, -0.05) is 42.8 Å². The summed E-state index contributed by atoms with van der Waals surface area (Å²) < 4.78 is 0. The van der Waals surface area contributed by atoms with Crippen LogP contribution in [0.25, 0.3) is 0 Å². The Morgan fingerprint density at radius 2 is 2.13 bits per heavy atom. The molecule has 120 valence electrons. The van der Waals surface area contributed by atoms with E-state index in [1.807, 2.05) is 48.2 Å². The Labute approximate surface area is 146 Å². The van der Waals surface area contributed by atoms with E-state index >= 15 is 0 Å². The maximum absolute atomic E-state index is 12.3. The quantitative estimate of drug-likeness (QED) is 0.909. The number of fused-ring (bicyclic) bond motifs is 1. The zero-order chi connectivity index (χ0) is 16.2. The van der Waals surface area contributed by atoms with Gasteiger partial charge in [0.05, 0.1) is 12.2 Å². The second-order valence-electron chi connectivity index (χ2n) is 5.68. The van der Waals surface area contributed by atoms with E-state index in [0.29, 0.717) is 23.4 Å². The highest BCUT2D eigenvalue weighted by molar-refractivity contribution is 8.00. The molecule has 3 rings (SSSR count). The van der Waals surface area contributed by atoms with Crippen molar-refractivity contribution in [3.8, 4) is 0 Å². The normalized spacial score (nSPS) is 16.8. The average molecular weight is 347 g/mol. The summed E-state index contributed by atoms with van der Waals surface area (Å²) in [5.74, 6) is 0.0267. The first-order chi connectivity index (χ1) is 11.1. The highest BCUT2D eigenvalue weighted by Gasteiger charge is 2.23. The lowest BCUT2D eigenvalue weighted by Crippen LogP contribution is -2.41. The predicted octanol–water partition coefficient (Wildman–Crippen LogP) is 3.96. The van der Waals surface area contributed by atoms with Crippen LogP contribution < -0.4 is 10.2 Å². The molecule has 2 aromatic rings. The van der Waals surface area contributed by atoms with Gasteiger partial charge in [0.15, 0.2) is 0 Å². The molecule has 1 heterocycles. The SMILES string of the molecule is C[C@@H]1CN(CC(=O)NCc2cccc(Cl)c2)c2ccccc2S1. The van der Waals surface area contributed by atoms with Crippen molar-refractivity contribution in [2.24, 2.45) is 0 Å². The molecule has 0 bridgehead atoms. The van der Waals surface area contributed by atoms with Crippen molar-refractivity contribution in [2.75, 3.05) is 18.0 Å². The molecule has 0 spiro atoms. The number of carbonyl (C=O) groups excluding carboxylic acids is 1. The number of hydrogen-bond donors (Lipinski definition) is 1. The molecule has 3 nitrogen and oxygen atoms in total. The van der Waals surface area contributed by atoms with E-state index in [1.54, 1.807) is 0 Å². The molecule has 1 N–H and O–H groups in total. The molecule has 2 aromatic carbocycles. The molecule has 1 amide bonds. The van der Waals surface area contributed by atoms with Gasteiger partial charge in [-0.2, -0.15) is 0 Å². The summed E-state index contributed by atoms with van der Waals surface area (Å²) in [6.45, 7) is 3.95. The maximum atomic E-state index is 12.3. The summed E-state index contributed by atoms with van der Waals surface area (Å²) >= 11 is 7.83. The van der Waals surface area contributed by atoms with Crippen molar-refractivity contribution in [1.29, 1.82) is 0 Å². The molecular formula is C18H19ClN2OS. The Morgan fingerprint density at radius 3 is 2.96 bits per heavy atom. The first-order valence-corrected chi connectivity index (χ1v) is 8.89. The zero-order valence-corrected chi connectivity index (χ0v) is 14.5. The third-order valence-electron chi connectivity index (χ3n) is 3.72. The molecule has 0 saturated carbocycles. The number of anilines is 1. The van der Waals surface area contributed by atoms with E-state index in [1.165, 1.54) is 4.90 Å². The maximum Gasteiger partial charge on any atom is 0.239 e. The molecule has 1 atom stereocenters. The second kappa shape index (κ2) is 7.28. The van der Waals surface area contributed by atoms with Crippen LogP contribution in [0.2, 0.25) is 5.02 Å². The van der Waals surface area contributed by atoms with E-state index in [4.69, 9.17) is 11.6 Å². The van der Waals surface area contributed by atoms with Gasteiger partial charge >= 0.3 is 0 Å². The molecule has 0 aliphatic carbocycles.